The maximum absolute atomic E-state index is 13.1. The maximum atomic E-state index is 13.1. The lowest BCUT2D eigenvalue weighted by molar-refractivity contribution is -0.131. The predicted molar refractivity (Wildman–Crippen MR) is 139 cm³/mol. The number of nitrogens with one attached hydrogen (secondary N) is 1. The van der Waals surface area contributed by atoms with Gasteiger partial charge in [0.1, 0.15) is 5.75 Å². The van der Waals surface area contributed by atoms with E-state index in [1.807, 2.05) is 79.8 Å². The summed E-state index contributed by atoms with van der Waals surface area (Å²) in [6, 6.07) is 22.7. The van der Waals surface area contributed by atoms with E-state index in [9.17, 15) is 13.2 Å². The van der Waals surface area contributed by atoms with Gasteiger partial charge in [0.2, 0.25) is 15.9 Å². The van der Waals surface area contributed by atoms with Crippen LogP contribution in [0.25, 0.3) is 0 Å². The number of anilines is 1. The minimum atomic E-state index is -3.50. The van der Waals surface area contributed by atoms with Crippen LogP contribution >= 0.6 is 0 Å². The van der Waals surface area contributed by atoms with Crippen LogP contribution in [0.4, 0.5) is 5.69 Å². The third kappa shape index (κ3) is 6.42. The summed E-state index contributed by atoms with van der Waals surface area (Å²) in [5, 5.41) is 0. The van der Waals surface area contributed by atoms with Crippen LogP contribution in [-0.2, 0) is 34.1 Å². The molecule has 0 spiro atoms. The van der Waals surface area contributed by atoms with Crippen LogP contribution in [0.3, 0.4) is 0 Å². The molecule has 184 valence electrons. The summed E-state index contributed by atoms with van der Waals surface area (Å²) < 4.78 is 33.5. The summed E-state index contributed by atoms with van der Waals surface area (Å²) in [5.41, 5.74) is 4.60. The van der Waals surface area contributed by atoms with E-state index in [2.05, 4.69) is 4.72 Å². The molecule has 1 aliphatic rings. The van der Waals surface area contributed by atoms with Crippen molar-refractivity contribution in [2.75, 3.05) is 24.6 Å². The zero-order valence-electron chi connectivity index (χ0n) is 20.2. The van der Waals surface area contributed by atoms with Crippen molar-refractivity contribution >= 4 is 21.6 Å². The first-order valence-electron chi connectivity index (χ1n) is 11.9. The van der Waals surface area contributed by atoms with E-state index in [4.69, 9.17) is 4.74 Å². The first-order valence-corrected chi connectivity index (χ1v) is 13.6. The van der Waals surface area contributed by atoms with Crippen LogP contribution < -0.4 is 9.46 Å². The average molecular weight is 493 g/mol. The molecular weight excluding hydrogens is 460 g/mol. The van der Waals surface area contributed by atoms with Crippen molar-refractivity contribution in [2.24, 2.45) is 0 Å². The summed E-state index contributed by atoms with van der Waals surface area (Å²) in [5.74, 6) is 0.756. The summed E-state index contributed by atoms with van der Waals surface area (Å²) in [6.07, 6.45) is 3.48. The van der Waals surface area contributed by atoms with Gasteiger partial charge in [-0.3, -0.25) is 9.52 Å². The quantitative estimate of drug-likeness (QED) is 0.467. The fourth-order valence-electron chi connectivity index (χ4n) is 4.62. The van der Waals surface area contributed by atoms with Gasteiger partial charge in [-0.05, 0) is 72.2 Å². The molecule has 0 heterocycles. The monoisotopic (exact) mass is 492 g/mol. The van der Waals surface area contributed by atoms with Crippen molar-refractivity contribution in [3.63, 3.8) is 0 Å². The topological polar surface area (TPSA) is 75.7 Å². The van der Waals surface area contributed by atoms with Gasteiger partial charge in [0, 0.05) is 12.7 Å². The van der Waals surface area contributed by atoms with Crippen molar-refractivity contribution in [2.45, 2.75) is 38.1 Å². The molecule has 1 amide bonds. The number of benzene rings is 3. The van der Waals surface area contributed by atoms with Crippen molar-refractivity contribution < 1.29 is 17.9 Å². The highest BCUT2D eigenvalue weighted by atomic mass is 32.2. The van der Waals surface area contributed by atoms with E-state index >= 15 is 0 Å². The van der Waals surface area contributed by atoms with Crippen LogP contribution in [0.1, 0.15) is 41.1 Å². The van der Waals surface area contributed by atoms with Gasteiger partial charge in [0.05, 0.1) is 25.3 Å². The third-order valence-electron chi connectivity index (χ3n) is 6.55. The van der Waals surface area contributed by atoms with Gasteiger partial charge in [-0.1, -0.05) is 48.5 Å². The van der Waals surface area contributed by atoms with Gasteiger partial charge in [-0.15, -0.1) is 0 Å². The largest absolute Gasteiger partial charge is 0.497 e. The number of methoxy groups -OCH3 is 1. The fourth-order valence-corrected chi connectivity index (χ4v) is 5.72. The lowest BCUT2D eigenvalue weighted by Gasteiger charge is -2.34. The molecule has 7 heteroatoms. The average Bonchev–Trinajstić information content (AvgIpc) is 2.87. The summed E-state index contributed by atoms with van der Waals surface area (Å²) in [4.78, 5) is 14.9. The minimum absolute atomic E-state index is 0.0104. The van der Waals surface area contributed by atoms with E-state index < -0.39 is 10.0 Å². The number of ether oxygens (including phenoxy) is 1. The number of sulfonamides is 1. The molecule has 0 aromatic heterocycles. The lowest BCUT2D eigenvalue weighted by Crippen LogP contribution is -2.34. The number of hydrogen-bond acceptors (Lipinski definition) is 4. The Labute approximate surface area is 208 Å². The summed E-state index contributed by atoms with van der Waals surface area (Å²) in [7, 11) is -0.0602. The Morgan fingerprint density at radius 1 is 1.03 bits per heavy atom. The van der Waals surface area contributed by atoms with Crippen molar-refractivity contribution in [3.8, 4) is 5.75 Å². The molecule has 6 nitrogen and oxygen atoms in total. The molecule has 35 heavy (non-hydrogen) atoms. The molecule has 4 rings (SSSR count). The molecular formula is C28H32N2O4S. The number of rotatable bonds is 9. The van der Waals surface area contributed by atoms with Gasteiger partial charge >= 0.3 is 0 Å². The number of nitrogens with zero attached hydrogens (tertiary/aromatic N) is 1. The van der Waals surface area contributed by atoms with Gasteiger partial charge in [0.25, 0.3) is 0 Å². The van der Waals surface area contributed by atoms with Crippen LogP contribution in [0, 0.1) is 0 Å². The highest BCUT2D eigenvalue weighted by Gasteiger charge is 2.27. The van der Waals surface area contributed by atoms with Crippen molar-refractivity contribution in [1.82, 2.24) is 4.90 Å². The predicted octanol–water partition coefficient (Wildman–Crippen LogP) is 4.76. The van der Waals surface area contributed by atoms with E-state index in [0.717, 1.165) is 47.3 Å². The van der Waals surface area contributed by atoms with E-state index in [-0.39, 0.29) is 24.1 Å². The summed E-state index contributed by atoms with van der Waals surface area (Å²) >= 11 is 0. The SMILES string of the molecule is COc1cccc(CC(=O)N(C)C2CCCc3ccc(NS(=O)(=O)CCc4ccccc4)cc32)c1. The second kappa shape index (κ2) is 11.0. The zero-order valence-corrected chi connectivity index (χ0v) is 21.1. The standard InChI is InChI=1S/C28H32N2O4S/c1-30(28(31)19-22-10-6-12-25(18-22)34-2)27-13-7-11-23-14-15-24(20-26(23)27)29-35(32,33)17-16-21-8-4-3-5-9-21/h3-6,8-10,12,14-15,18,20,27,29H,7,11,13,16-17,19H2,1-2H3. The Hall–Kier alpha value is -3.32. The third-order valence-corrected chi connectivity index (χ3v) is 7.84. The molecule has 0 fully saturated rings. The van der Waals surface area contributed by atoms with Gasteiger partial charge in [-0.2, -0.15) is 0 Å². The normalized spacial score (nSPS) is 15.2. The molecule has 3 aromatic carbocycles. The first kappa shape index (κ1) is 24.8. The van der Waals surface area contributed by atoms with Crippen LogP contribution in [0.2, 0.25) is 0 Å². The molecule has 0 bridgehead atoms. The molecule has 1 N–H and O–H groups in total. The van der Waals surface area contributed by atoms with Crippen molar-refractivity contribution in [3.05, 3.63) is 95.1 Å². The Balaban J connectivity index is 1.47. The second-order valence-corrected chi connectivity index (χ2v) is 10.9. The molecule has 1 aliphatic carbocycles. The molecule has 1 atom stereocenters. The fraction of sp³-hybridized carbons (Fsp3) is 0.321. The molecule has 0 radical (unpaired) electrons. The Morgan fingerprint density at radius 2 is 1.80 bits per heavy atom. The number of likely N-dealkylation sites (N-methyl/N-ethyl adjacent to an activating group) is 1. The molecule has 3 aromatic rings. The highest BCUT2D eigenvalue weighted by Crippen LogP contribution is 2.36. The minimum Gasteiger partial charge on any atom is -0.497 e. The summed E-state index contributed by atoms with van der Waals surface area (Å²) in [6.45, 7) is 0. The molecule has 1 unspecified atom stereocenters. The molecule has 0 saturated carbocycles. The molecule has 0 saturated heterocycles. The Morgan fingerprint density at radius 3 is 2.57 bits per heavy atom. The van der Waals surface area contributed by atoms with Crippen molar-refractivity contribution in [1.29, 1.82) is 0 Å². The van der Waals surface area contributed by atoms with Crippen LogP contribution in [0.15, 0.2) is 72.8 Å². The van der Waals surface area contributed by atoms with Gasteiger partial charge in [0.15, 0.2) is 0 Å². The lowest BCUT2D eigenvalue weighted by atomic mass is 9.86. The maximum Gasteiger partial charge on any atom is 0.233 e. The number of amides is 1. The van der Waals surface area contributed by atoms with Crippen LogP contribution in [0.5, 0.6) is 5.75 Å². The van der Waals surface area contributed by atoms with E-state index in [1.165, 1.54) is 0 Å². The number of hydrogen-bond donors (Lipinski definition) is 1. The Kier molecular flexibility index (Phi) is 7.76. The zero-order chi connectivity index (χ0) is 24.8. The Bertz CT molecular complexity index is 1280. The second-order valence-electron chi connectivity index (χ2n) is 9.01. The van der Waals surface area contributed by atoms with E-state index in [1.54, 1.807) is 12.0 Å². The first-order chi connectivity index (χ1) is 16.8. The highest BCUT2D eigenvalue weighted by molar-refractivity contribution is 7.92. The van der Waals surface area contributed by atoms with Gasteiger partial charge in [-0.25, -0.2) is 8.42 Å². The smallest absolute Gasteiger partial charge is 0.233 e. The number of carbonyl (C=O) groups is 1. The van der Waals surface area contributed by atoms with Gasteiger partial charge < -0.3 is 9.64 Å². The number of carbonyl (C=O) groups excluding carboxylic acids is 1. The van der Waals surface area contributed by atoms with Crippen LogP contribution in [-0.4, -0.2) is 39.1 Å². The van der Waals surface area contributed by atoms with E-state index in [0.29, 0.717) is 12.1 Å². The molecule has 0 aliphatic heterocycles. The number of aryl methyl sites for hydroxylation is 2. The number of fused-ring (bicyclic) bond motifs is 1.